The minimum absolute atomic E-state index is 0.0441. The Labute approximate surface area is 150 Å². The van der Waals surface area contributed by atoms with Crippen LogP contribution in [0.25, 0.3) is 0 Å². The Kier molecular flexibility index (Phi) is 4.55. The summed E-state index contributed by atoms with van der Waals surface area (Å²) in [7, 11) is 0. The molecule has 0 saturated heterocycles. The number of carbonyl (C=O) groups excluding carboxylic acids is 1. The molecule has 8 nitrogen and oxygen atoms in total. The van der Waals surface area contributed by atoms with Crippen LogP contribution in [0.3, 0.4) is 0 Å². The van der Waals surface area contributed by atoms with Crippen molar-refractivity contribution in [3.8, 4) is 0 Å². The van der Waals surface area contributed by atoms with Crippen molar-refractivity contribution in [3.05, 3.63) is 66.4 Å². The van der Waals surface area contributed by atoms with E-state index in [1.165, 1.54) is 12.4 Å². The Morgan fingerprint density at radius 2 is 2.08 bits per heavy atom. The summed E-state index contributed by atoms with van der Waals surface area (Å²) >= 11 is 0. The van der Waals surface area contributed by atoms with E-state index in [1.54, 1.807) is 18.5 Å². The van der Waals surface area contributed by atoms with Gasteiger partial charge in [0.1, 0.15) is 5.82 Å². The van der Waals surface area contributed by atoms with Gasteiger partial charge in [0.05, 0.1) is 30.2 Å². The van der Waals surface area contributed by atoms with Gasteiger partial charge in [-0.1, -0.05) is 6.07 Å². The van der Waals surface area contributed by atoms with Crippen LogP contribution in [0, 0.1) is 5.92 Å². The minimum atomic E-state index is -0.0441. The van der Waals surface area contributed by atoms with E-state index < -0.39 is 0 Å². The van der Waals surface area contributed by atoms with Crippen molar-refractivity contribution < 1.29 is 4.79 Å². The van der Waals surface area contributed by atoms with Gasteiger partial charge in [-0.15, -0.1) is 0 Å². The smallest absolute Gasteiger partial charge is 0.255 e. The molecule has 8 heteroatoms. The topological polar surface area (TPSA) is 88.8 Å². The van der Waals surface area contributed by atoms with Gasteiger partial charge in [0.2, 0.25) is 0 Å². The predicted molar refractivity (Wildman–Crippen MR) is 95.2 cm³/mol. The number of amides is 1. The molecule has 4 rings (SSSR count). The molecule has 1 atom stereocenters. The molecule has 3 aromatic heterocycles. The maximum Gasteiger partial charge on any atom is 0.255 e. The van der Waals surface area contributed by atoms with E-state index in [0.29, 0.717) is 25.2 Å². The lowest BCUT2D eigenvalue weighted by atomic mass is 10.1. The molecule has 26 heavy (non-hydrogen) atoms. The monoisotopic (exact) mass is 349 g/mol. The summed E-state index contributed by atoms with van der Waals surface area (Å²) < 4.78 is 1.98. The fourth-order valence-corrected chi connectivity index (χ4v) is 3.13. The van der Waals surface area contributed by atoms with Crippen molar-refractivity contribution in [1.29, 1.82) is 0 Å². The lowest BCUT2D eigenvalue weighted by Crippen LogP contribution is -2.36. The Bertz CT molecular complexity index is 866. The molecule has 0 aliphatic carbocycles. The summed E-state index contributed by atoms with van der Waals surface area (Å²) in [5.74, 6) is 0.989. The van der Waals surface area contributed by atoms with Gasteiger partial charge < -0.3 is 10.2 Å². The van der Waals surface area contributed by atoms with Gasteiger partial charge in [0.15, 0.2) is 0 Å². The van der Waals surface area contributed by atoms with Crippen molar-refractivity contribution >= 4 is 11.7 Å². The summed E-state index contributed by atoms with van der Waals surface area (Å²) in [6, 6.07) is 9.41. The number of pyridine rings is 1. The molecule has 1 aliphatic heterocycles. The number of aromatic nitrogens is 5. The normalized spacial score (nSPS) is 16.6. The molecule has 0 saturated carbocycles. The molecule has 132 valence electrons. The van der Waals surface area contributed by atoms with Gasteiger partial charge in [0.25, 0.3) is 5.91 Å². The lowest BCUT2D eigenvalue weighted by Gasteiger charge is -2.24. The van der Waals surface area contributed by atoms with Crippen LogP contribution in [0.2, 0.25) is 0 Å². The van der Waals surface area contributed by atoms with E-state index in [2.05, 4.69) is 25.6 Å². The average Bonchev–Trinajstić information content (AvgIpc) is 3.05. The molecule has 0 spiro atoms. The molecule has 0 bridgehead atoms. The number of hydrogen-bond acceptors (Lipinski definition) is 6. The molecule has 1 amide bonds. The highest BCUT2D eigenvalue weighted by atomic mass is 16.2. The van der Waals surface area contributed by atoms with Crippen molar-refractivity contribution in [2.45, 2.75) is 13.1 Å². The molecule has 0 aromatic carbocycles. The first-order valence-corrected chi connectivity index (χ1v) is 8.51. The van der Waals surface area contributed by atoms with Crippen molar-refractivity contribution in [3.63, 3.8) is 0 Å². The second-order valence-corrected chi connectivity index (χ2v) is 6.28. The van der Waals surface area contributed by atoms with E-state index in [1.807, 2.05) is 33.8 Å². The second-order valence-electron chi connectivity index (χ2n) is 6.28. The number of anilines is 1. The Morgan fingerprint density at radius 3 is 2.88 bits per heavy atom. The number of nitrogens with zero attached hydrogens (tertiary/aromatic N) is 6. The number of carbonyl (C=O) groups is 1. The number of fused-ring (bicyclic) bond motifs is 1. The van der Waals surface area contributed by atoms with E-state index in [9.17, 15) is 4.79 Å². The van der Waals surface area contributed by atoms with Crippen LogP contribution in [0.1, 0.15) is 16.1 Å². The number of hydrogen-bond donors (Lipinski definition) is 1. The summed E-state index contributed by atoms with van der Waals surface area (Å²) in [5, 5.41) is 15.3. The molecule has 4 heterocycles. The molecule has 1 aliphatic rings. The van der Waals surface area contributed by atoms with Crippen LogP contribution in [0.4, 0.5) is 5.82 Å². The average molecular weight is 349 g/mol. The fourth-order valence-electron chi connectivity index (χ4n) is 3.13. The van der Waals surface area contributed by atoms with E-state index in [4.69, 9.17) is 0 Å². The quantitative estimate of drug-likeness (QED) is 0.767. The highest BCUT2D eigenvalue weighted by Crippen LogP contribution is 2.18. The van der Waals surface area contributed by atoms with Crippen molar-refractivity contribution in [2.24, 2.45) is 5.92 Å². The maximum atomic E-state index is 12.9. The molecule has 0 fully saturated rings. The second kappa shape index (κ2) is 7.30. The molecule has 0 radical (unpaired) electrons. The first kappa shape index (κ1) is 16.2. The third-order valence-electron chi connectivity index (χ3n) is 4.42. The number of rotatable bonds is 4. The minimum Gasteiger partial charge on any atom is -0.370 e. The summed E-state index contributed by atoms with van der Waals surface area (Å²) in [5.41, 5.74) is 1.57. The first-order valence-electron chi connectivity index (χ1n) is 8.51. The lowest BCUT2D eigenvalue weighted by molar-refractivity contribution is 0.0723. The van der Waals surface area contributed by atoms with Crippen molar-refractivity contribution in [1.82, 2.24) is 29.9 Å². The third-order valence-corrected chi connectivity index (χ3v) is 4.42. The van der Waals surface area contributed by atoms with Gasteiger partial charge in [-0.3, -0.25) is 9.48 Å². The predicted octanol–water partition coefficient (Wildman–Crippen LogP) is 1.45. The third kappa shape index (κ3) is 3.53. The van der Waals surface area contributed by atoms with Gasteiger partial charge in [-0.25, -0.2) is 4.98 Å². The van der Waals surface area contributed by atoms with Gasteiger partial charge >= 0.3 is 0 Å². The van der Waals surface area contributed by atoms with E-state index in [0.717, 1.165) is 18.1 Å². The Hall–Kier alpha value is -3.29. The standard InChI is InChI=1S/C18H19N7O/c26-18(15-4-7-21-22-10-15)24-11-14(9-20-17-3-1-2-6-19-17)12-25-16(13-24)5-8-23-25/h1-8,10,14H,9,11-13H2,(H,19,20)/t14-/m1/s1. The number of nitrogens with one attached hydrogen (secondary N) is 1. The van der Waals surface area contributed by atoms with E-state index >= 15 is 0 Å². The van der Waals surface area contributed by atoms with Gasteiger partial charge in [-0.2, -0.15) is 15.3 Å². The largest absolute Gasteiger partial charge is 0.370 e. The van der Waals surface area contributed by atoms with Crippen LogP contribution in [-0.2, 0) is 13.1 Å². The molecular weight excluding hydrogens is 330 g/mol. The van der Waals surface area contributed by atoms with Crippen LogP contribution in [0.15, 0.2) is 55.1 Å². The van der Waals surface area contributed by atoms with Crippen molar-refractivity contribution in [2.75, 3.05) is 18.4 Å². The van der Waals surface area contributed by atoms with Crippen LogP contribution >= 0.6 is 0 Å². The zero-order valence-corrected chi connectivity index (χ0v) is 14.2. The molecule has 3 aromatic rings. The summed E-state index contributed by atoms with van der Waals surface area (Å²) in [6.07, 6.45) is 6.58. The zero-order valence-electron chi connectivity index (χ0n) is 14.2. The molecule has 1 N–H and O–H groups in total. The summed E-state index contributed by atoms with van der Waals surface area (Å²) in [6.45, 7) is 2.61. The SMILES string of the molecule is O=C(c1ccnnc1)N1Cc2ccnn2C[C@H](CNc2ccccn2)C1. The summed E-state index contributed by atoms with van der Waals surface area (Å²) in [4.78, 5) is 19.0. The zero-order chi connectivity index (χ0) is 17.8. The van der Waals surface area contributed by atoms with E-state index in [-0.39, 0.29) is 11.8 Å². The Morgan fingerprint density at radius 1 is 1.12 bits per heavy atom. The maximum absolute atomic E-state index is 12.9. The van der Waals surface area contributed by atoms with Crippen LogP contribution in [-0.4, -0.2) is 48.9 Å². The van der Waals surface area contributed by atoms with Gasteiger partial charge in [-0.05, 0) is 24.3 Å². The van der Waals surface area contributed by atoms with Gasteiger partial charge in [0, 0.05) is 37.9 Å². The fraction of sp³-hybridized carbons (Fsp3) is 0.278. The van der Waals surface area contributed by atoms with Crippen LogP contribution in [0.5, 0.6) is 0 Å². The van der Waals surface area contributed by atoms with Crippen LogP contribution < -0.4 is 5.32 Å². The molecule has 0 unspecified atom stereocenters. The highest BCUT2D eigenvalue weighted by Gasteiger charge is 2.26. The Balaban J connectivity index is 1.53. The molecular formula is C18H19N7O. The first-order chi connectivity index (χ1) is 12.8. The highest BCUT2D eigenvalue weighted by molar-refractivity contribution is 5.93.